The molecule has 7 heteroatoms. The molecule has 0 aliphatic carbocycles. The van der Waals surface area contributed by atoms with Crippen LogP contribution in [0.5, 0.6) is 11.5 Å². The highest BCUT2D eigenvalue weighted by Crippen LogP contribution is 2.34. The van der Waals surface area contributed by atoms with Crippen LogP contribution in [0.4, 0.5) is 5.69 Å². The number of aromatic nitrogens is 2. The maximum atomic E-state index is 12.6. The molecule has 4 rings (SSSR count). The zero-order chi connectivity index (χ0) is 21.3. The van der Waals surface area contributed by atoms with E-state index in [0.717, 1.165) is 11.3 Å². The first-order valence-corrected chi connectivity index (χ1v) is 9.96. The molecule has 30 heavy (non-hydrogen) atoms. The second-order valence-electron chi connectivity index (χ2n) is 7.71. The van der Waals surface area contributed by atoms with E-state index in [4.69, 9.17) is 14.0 Å². The summed E-state index contributed by atoms with van der Waals surface area (Å²) in [4.78, 5) is 19.0. The van der Waals surface area contributed by atoms with Crippen LogP contribution in [0.15, 0.2) is 47.0 Å². The Labute approximate surface area is 175 Å². The van der Waals surface area contributed by atoms with Crippen LogP contribution in [-0.2, 0) is 4.79 Å². The molecular formula is C23H25N3O4. The van der Waals surface area contributed by atoms with Crippen molar-refractivity contribution in [2.75, 3.05) is 25.7 Å². The lowest BCUT2D eigenvalue weighted by molar-refractivity contribution is -0.117. The van der Waals surface area contributed by atoms with E-state index < -0.39 is 0 Å². The summed E-state index contributed by atoms with van der Waals surface area (Å²) < 4.78 is 16.1. The van der Waals surface area contributed by atoms with E-state index >= 15 is 0 Å². The molecule has 1 unspecified atom stereocenters. The maximum absolute atomic E-state index is 12.6. The average Bonchev–Trinajstić information content (AvgIpc) is 3.40. The van der Waals surface area contributed by atoms with Crippen molar-refractivity contribution >= 4 is 11.6 Å². The average molecular weight is 407 g/mol. The second kappa shape index (κ2) is 8.18. The predicted molar refractivity (Wildman–Crippen MR) is 113 cm³/mol. The number of ether oxygens (including phenoxy) is 2. The topological polar surface area (TPSA) is 77.7 Å². The second-order valence-corrected chi connectivity index (χ2v) is 7.71. The van der Waals surface area contributed by atoms with Gasteiger partial charge in [0.05, 0.1) is 20.1 Å². The minimum Gasteiger partial charge on any atom is -0.497 e. The van der Waals surface area contributed by atoms with Crippen molar-refractivity contribution in [2.45, 2.75) is 32.1 Å². The van der Waals surface area contributed by atoms with Gasteiger partial charge >= 0.3 is 0 Å². The molecule has 1 amide bonds. The summed E-state index contributed by atoms with van der Waals surface area (Å²) in [5.41, 5.74) is 2.87. The fourth-order valence-electron chi connectivity index (χ4n) is 3.62. The monoisotopic (exact) mass is 407 g/mol. The summed E-state index contributed by atoms with van der Waals surface area (Å²) in [6.45, 7) is 4.82. The van der Waals surface area contributed by atoms with E-state index in [0.29, 0.717) is 42.1 Å². The summed E-state index contributed by atoms with van der Waals surface area (Å²) in [6.07, 6.45) is 0.342. The van der Waals surface area contributed by atoms with Gasteiger partial charge in [-0.3, -0.25) is 4.79 Å². The molecule has 156 valence electrons. The van der Waals surface area contributed by atoms with Crippen molar-refractivity contribution in [3.8, 4) is 22.9 Å². The first kappa shape index (κ1) is 19.9. The number of anilines is 1. The third-order valence-corrected chi connectivity index (χ3v) is 5.40. The Kier molecular flexibility index (Phi) is 5.44. The molecule has 3 aromatic rings. The Morgan fingerprint density at radius 2 is 1.73 bits per heavy atom. The molecule has 1 aromatic heterocycles. The lowest BCUT2D eigenvalue weighted by Gasteiger charge is -2.17. The van der Waals surface area contributed by atoms with Gasteiger partial charge in [0, 0.05) is 30.3 Å². The van der Waals surface area contributed by atoms with Gasteiger partial charge in [-0.05, 0) is 35.7 Å². The fourth-order valence-corrected chi connectivity index (χ4v) is 3.62. The van der Waals surface area contributed by atoms with Gasteiger partial charge in [-0.1, -0.05) is 31.1 Å². The molecule has 1 saturated heterocycles. The molecule has 7 nitrogen and oxygen atoms in total. The standard InChI is InChI=1S/C23H25N3O4/c1-14(2)15-5-7-18(8-6-15)26-13-17(11-21(26)27)23-24-22(25-30-23)16-9-19(28-3)12-20(10-16)29-4/h5-10,12,14,17H,11,13H2,1-4H3. The summed E-state index contributed by atoms with van der Waals surface area (Å²) >= 11 is 0. The molecule has 0 spiro atoms. The Morgan fingerprint density at radius 3 is 2.33 bits per heavy atom. The molecule has 0 saturated carbocycles. The highest BCUT2D eigenvalue weighted by molar-refractivity contribution is 5.96. The number of carbonyl (C=O) groups is 1. The summed E-state index contributed by atoms with van der Waals surface area (Å²) in [7, 11) is 3.18. The van der Waals surface area contributed by atoms with Crippen LogP contribution in [0.25, 0.3) is 11.4 Å². The van der Waals surface area contributed by atoms with Gasteiger partial charge in [-0.15, -0.1) is 0 Å². The van der Waals surface area contributed by atoms with Gasteiger partial charge < -0.3 is 18.9 Å². The van der Waals surface area contributed by atoms with Crippen LogP contribution < -0.4 is 14.4 Å². The van der Waals surface area contributed by atoms with Crippen molar-refractivity contribution in [1.29, 1.82) is 0 Å². The van der Waals surface area contributed by atoms with Crippen LogP contribution in [0.1, 0.15) is 43.6 Å². The third kappa shape index (κ3) is 3.87. The fraction of sp³-hybridized carbons (Fsp3) is 0.348. The van der Waals surface area contributed by atoms with E-state index in [2.05, 4.69) is 36.1 Å². The van der Waals surface area contributed by atoms with Crippen LogP contribution in [0.3, 0.4) is 0 Å². The SMILES string of the molecule is COc1cc(OC)cc(-c2noc(C3CC(=O)N(c4ccc(C(C)C)cc4)C3)n2)c1. The Hall–Kier alpha value is -3.35. The van der Waals surface area contributed by atoms with Gasteiger partial charge in [0.15, 0.2) is 0 Å². The molecule has 2 heterocycles. The molecular weight excluding hydrogens is 382 g/mol. The molecule has 2 aromatic carbocycles. The zero-order valence-corrected chi connectivity index (χ0v) is 17.6. The molecule has 0 radical (unpaired) electrons. The number of nitrogens with zero attached hydrogens (tertiary/aromatic N) is 3. The molecule has 1 aliphatic rings. The first-order valence-electron chi connectivity index (χ1n) is 9.96. The lowest BCUT2D eigenvalue weighted by Crippen LogP contribution is -2.24. The van der Waals surface area contributed by atoms with Crippen LogP contribution in [-0.4, -0.2) is 36.8 Å². The molecule has 1 fully saturated rings. The summed E-state index contributed by atoms with van der Waals surface area (Å²) in [6, 6.07) is 13.6. The smallest absolute Gasteiger partial charge is 0.232 e. The van der Waals surface area contributed by atoms with Crippen LogP contribution in [0, 0.1) is 0 Å². The highest BCUT2D eigenvalue weighted by Gasteiger charge is 2.35. The third-order valence-electron chi connectivity index (χ3n) is 5.40. The molecule has 0 bridgehead atoms. The van der Waals surface area contributed by atoms with Crippen LogP contribution >= 0.6 is 0 Å². The largest absolute Gasteiger partial charge is 0.497 e. The summed E-state index contributed by atoms with van der Waals surface area (Å²) in [5.74, 6) is 2.55. The highest BCUT2D eigenvalue weighted by atomic mass is 16.5. The number of carbonyl (C=O) groups excluding carboxylic acids is 1. The van der Waals surface area contributed by atoms with E-state index in [-0.39, 0.29) is 11.8 Å². The predicted octanol–water partition coefficient (Wildman–Crippen LogP) is 4.40. The number of amides is 1. The number of benzene rings is 2. The maximum Gasteiger partial charge on any atom is 0.232 e. The van der Waals surface area contributed by atoms with E-state index in [1.54, 1.807) is 25.2 Å². The number of hydrogen-bond donors (Lipinski definition) is 0. The van der Waals surface area contributed by atoms with Gasteiger partial charge in [-0.2, -0.15) is 4.98 Å². The van der Waals surface area contributed by atoms with Crippen LogP contribution in [0.2, 0.25) is 0 Å². The Balaban J connectivity index is 1.54. The van der Waals surface area contributed by atoms with Crippen molar-refractivity contribution in [3.63, 3.8) is 0 Å². The lowest BCUT2D eigenvalue weighted by atomic mass is 10.0. The number of methoxy groups -OCH3 is 2. The molecule has 0 N–H and O–H groups in total. The van der Waals surface area contributed by atoms with Gasteiger partial charge in [0.25, 0.3) is 0 Å². The van der Waals surface area contributed by atoms with Crippen molar-refractivity contribution in [3.05, 3.63) is 53.9 Å². The Bertz CT molecular complexity index is 1020. The zero-order valence-electron chi connectivity index (χ0n) is 17.6. The molecule has 1 atom stereocenters. The van der Waals surface area contributed by atoms with E-state index in [1.165, 1.54) is 5.56 Å². The van der Waals surface area contributed by atoms with Gasteiger partial charge in [-0.25, -0.2) is 0 Å². The Morgan fingerprint density at radius 1 is 1.07 bits per heavy atom. The van der Waals surface area contributed by atoms with Gasteiger partial charge in [0.1, 0.15) is 11.5 Å². The van der Waals surface area contributed by atoms with Gasteiger partial charge in [0.2, 0.25) is 17.6 Å². The van der Waals surface area contributed by atoms with Crippen molar-refractivity contribution in [2.24, 2.45) is 0 Å². The number of rotatable bonds is 6. The van der Waals surface area contributed by atoms with Crippen molar-refractivity contribution < 1.29 is 18.8 Å². The summed E-state index contributed by atoms with van der Waals surface area (Å²) in [5, 5.41) is 4.11. The van der Waals surface area contributed by atoms with E-state index in [1.807, 2.05) is 24.3 Å². The first-order chi connectivity index (χ1) is 14.5. The molecule has 1 aliphatic heterocycles. The normalized spacial score (nSPS) is 16.4. The van der Waals surface area contributed by atoms with E-state index in [9.17, 15) is 4.79 Å². The quantitative estimate of drug-likeness (QED) is 0.603. The minimum atomic E-state index is -0.143. The number of hydrogen-bond acceptors (Lipinski definition) is 6. The van der Waals surface area contributed by atoms with Crippen molar-refractivity contribution in [1.82, 2.24) is 10.1 Å². The minimum absolute atomic E-state index is 0.0556.